The molecule has 2 aliphatic rings. The van der Waals surface area contributed by atoms with Crippen molar-refractivity contribution < 1.29 is 14.2 Å². The van der Waals surface area contributed by atoms with Crippen LogP contribution in [0.25, 0.3) is 0 Å². The van der Waals surface area contributed by atoms with E-state index in [2.05, 4.69) is 0 Å². The summed E-state index contributed by atoms with van der Waals surface area (Å²) in [6.45, 7) is 3.11. The number of guanidine groups is 2. The average Bonchev–Trinajstić information content (AvgIpc) is 3.21. The molecule has 4 rings (SSSR count). The standard InChI is InChI=1S/C23H30N6O3/c1-30-20-10-16-12-29(23(26)27)13-17(16)11-21(20)31-14-15-2-4-18(5-3-15)32-19-6-8-28(9-7-19)22(24)25/h2-5,10-11,19H,6-9,12-14H2,1H3,(H3,24,25)(H3,26,27). The van der Waals surface area contributed by atoms with Crippen molar-refractivity contribution in [3.05, 3.63) is 53.1 Å². The van der Waals surface area contributed by atoms with E-state index in [0.717, 1.165) is 48.4 Å². The third-order valence-electron chi connectivity index (χ3n) is 5.95. The Balaban J connectivity index is 1.33. The molecule has 0 saturated carbocycles. The number of piperidine rings is 1. The summed E-state index contributed by atoms with van der Waals surface area (Å²) in [4.78, 5) is 3.67. The fourth-order valence-electron chi connectivity index (χ4n) is 4.08. The van der Waals surface area contributed by atoms with Gasteiger partial charge in [0, 0.05) is 39.0 Å². The van der Waals surface area contributed by atoms with Crippen LogP contribution in [0.5, 0.6) is 17.2 Å². The van der Waals surface area contributed by atoms with Crippen molar-refractivity contribution in [1.82, 2.24) is 9.80 Å². The number of nitrogens with two attached hydrogens (primary N) is 2. The first kappa shape index (κ1) is 21.6. The highest BCUT2D eigenvalue weighted by atomic mass is 16.5. The van der Waals surface area contributed by atoms with E-state index in [0.29, 0.717) is 31.2 Å². The van der Waals surface area contributed by atoms with Gasteiger partial charge in [-0.05, 0) is 41.0 Å². The highest BCUT2D eigenvalue weighted by Crippen LogP contribution is 2.35. The molecule has 1 fully saturated rings. The average molecular weight is 439 g/mol. The zero-order chi connectivity index (χ0) is 22.7. The van der Waals surface area contributed by atoms with Crippen molar-refractivity contribution in [2.45, 2.75) is 38.6 Å². The van der Waals surface area contributed by atoms with E-state index in [1.54, 1.807) is 12.0 Å². The second-order valence-corrected chi connectivity index (χ2v) is 8.14. The lowest BCUT2D eigenvalue weighted by atomic mass is 10.1. The highest BCUT2D eigenvalue weighted by Gasteiger charge is 2.23. The summed E-state index contributed by atoms with van der Waals surface area (Å²) in [5, 5.41) is 15.2. The fraction of sp³-hybridized carbons (Fsp3) is 0.391. The van der Waals surface area contributed by atoms with E-state index in [9.17, 15) is 0 Å². The minimum atomic E-state index is 0.0642. The summed E-state index contributed by atoms with van der Waals surface area (Å²) in [7, 11) is 1.62. The van der Waals surface area contributed by atoms with E-state index in [1.807, 2.05) is 41.3 Å². The fourth-order valence-corrected chi connectivity index (χ4v) is 4.08. The topological polar surface area (TPSA) is 134 Å². The minimum absolute atomic E-state index is 0.0642. The van der Waals surface area contributed by atoms with Gasteiger partial charge in [-0.15, -0.1) is 0 Å². The van der Waals surface area contributed by atoms with Crippen LogP contribution >= 0.6 is 0 Å². The predicted molar refractivity (Wildman–Crippen MR) is 122 cm³/mol. The molecule has 0 atom stereocenters. The molecule has 1 saturated heterocycles. The first-order chi connectivity index (χ1) is 15.4. The van der Waals surface area contributed by atoms with Gasteiger partial charge in [-0.3, -0.25) is 10.8 Å². The number of ether oxygens (including phenoxy) is 3. The minimum Gasteiger partial charge on any atom is -0.493 e. The van der Waals surface area contributed by atoms with Crippen LogP contribution in [0.1, 0.15) is 29.5 Å². The summed E-state index contributed by atoms with van der Waals surface area (Å²) in [5.74, 6) is 2.37. The van der Waals surface area contributed by atoms with E-state index < -0.39 is 0 Å². The predicted octanol–water partition coefficient (Wildman–Crippen LogP) is 2.22. The van der Waals surface area contributed by atoms with Crippen molar-refractivity contribution in [2.75, 3.05) is 20.2 Å². The first-order valence-electron chi connectivity index (χ1n) is 10.7. The normalized spacial score (nSPS) is 15.9. The second kappa shape index (κ2) is 9.25. The lowest BCUT2D eigenvalue weighted by molar-refractivity contribution is 0.130. The lowest BCUT2D eigenvalue weighted by Crippen LogP contribution is -2.44. The molecule has 32 heavy (non-hydrogen) atoms. The second-order valence-electron chi connectivity index (χ2n) is 8.14. The SMILES string of the molecule is COc1cc2c(cc1OCc1ccc(OC3CCN(C(=N)N)CC3)cc1)CN(C(=N)N)C2. The van der Waals surface area contributed by atoms with Gasteiger partial charge in [0.2, 0.25) is 0 Å². The monoisotopic (exact) mass is 438 g/mol. The van der Waals surface area contributed by atoms with Gasteiger partial charge in [-0.25, -0.2) is 0 Å². The number of likely N-dealkylation sites (tertiary alicyclic amines) is 1. The van der Waals surface area contributed by atoms with E-state index in [-0.39, 0.29) is 18.0 Å². The lowest BCUT2D eigenvalue weighted by Gasteiger charge is -2.32. The van der Waals surface area contributed by atoms with Gasteiger partial charge in [-0.2, -0.15) is 0 Å². The Morgan fingerprint density at radius 3 is 2.09 bits per heavy atom. The van der Waals surface area contributed by atoms with Gasteiger partial charge in [0.15, 0.2) is 23.4 Å². The van der Waals surface area contributed by atoms with Crippen molar-refractivity contribution in [2.24, 2.45) is 11.5 Å². The van der Waals surface area contributed by atoms with Crippen LogP contribution in [0, 0.1) is 10.8 Å². The van der Waals surface area contributed by atoms with Crippen LogP contribution in [0.15, 0.2) is 36.4 Å². The number of hydrogen-bond donors (Lipinski definition) is 4. The van der Waals surface area contributed by atoms with Crippen molar-refractivity contribution >= 4 is 11.9 Å². The number of nitrogens with zero attached hydrogens (tertiary/aromatic N) is 2. The van der Waals surface area contributed by atoms with Crippen LogP contribution in [0.2, 0.25) is 0 Å². The number of benzene rings is 2. The molecule has 2 aromatic rings. The molecule has 2 heterocycles. The van der Waals surface area contributed by atoms with Crippen molar-refractivity contribution in [3.63, 3.8) is 0 Å². The van der Waals surface area contributed by atoms with E-state index >= 15 is 0 Å². The molecule has 9 nitrogen and oxygen atoms in total. The van der Waals surface area contributed by atoms with Gasteiger partial charge >= 0.3 is 0 Å². The largest absolute Gasteiger partial charge is 0.493 e. The van der Waals surface area contributed by atoms with Gasteiger partial charge in [0.1, 0.15) is 18.5 Å². The highest BCUT2D eigenvalue weighted by molar-refractivity contribution is 5.75. The number of hydrogen-bond acceptors (Lipinski definition) is 5. The van der Waals surface area contributed by atoms with Gasteiger partial charge in [0.25, 0.3) is 0 Å². The van der Waals surface area contributed by atoms with Gasteiger partial charge < -0.3 is 35.5 Å². The van der Waals surface area contributed by atoms with Gasteiger partial charge in [-0.1, -0.05) is 12.1 Å². The zero-order valence-corrected chi connectivity index (χ0v) is 18.3. The maximum absolute atomic E-state index is 7.65. The Hall–Kier alpha value is -3.62. The summed E-state index contributed by atoms with van der Waals surface area (Å²) in [6, 6.07) is 11.8. The number of nitrogens with one attached hydrogen (secondary N) is 2. The Bertz CT molecular complexity index is 986. The van der Waals surface area contributed by atoms with Crippen LogP contribution in [-0.4, -0.2) is 48.0 Å². The molecule has 0 aliphatic carbocycles. The molecule has 0 radical (unpaired) electrons. The Morgan fingerprint density at radius 1 is 0.938 bits per heavy atom. The Labute approximate surface area is 187 Å². The molecule has 2 aromatic carbocycles. The quantitative estimate of drug-likeness (QED) is 0.401. The first-order valence-corrected chi connectivity index (χ1v) is 10.7. The van der Waals surface area contributed by atoms with Crippen LogP contribution in [0.4, 0.5) is 0 Å². The Morgan fingerprint density at radius 2 is 1.53 bits per heavy atom. The molecule has 0 spiro atoms. The van der Waals surface area contributed by atoms with Crippen LogP contribution < -0.4 is 25.7 Å². The summed E-state index contributed by atoms with van der Waals surface area (Å²) in [5.41, 5.74) is 14.4. The van der Waals surface area contributed by atoms with E-state index in [1.165, 1.54) is 0 Å². The molecule has 0 amide bonds. The Kier molecular flexibility index (Phi) is 6.25. The molecule has 9 heteroatoms. The van der Waals surface area contributed by atoms with E-state index in [4.69, 9.17) is 36.5 Å². The molecule has 0 bridgehead atoms. The third kappa shape index (κ3) is 4.82. The maximum atomic E-state index is 7.65. The molecule has 170 valence electrons. The number of methoxy groups -OCH3 is 1. The summed E-state index contributed by atoms with van der Waals surface area (Å²) in [6.07, 6.45) is 1.84. The number of fused-ring (bicyclic) bond motifs is 1. The molecular weight excluding hydrogens is 408 g/mol. The third-order valence-corrected chi connectivity index (χ3v) is 5.95. The molecular formula is C23H30N6O3. The summed E-state index contributed by atoms with van der Waals surface area (Å²) < 4.78 is 17.6. The molecule has 6 N–H and O–H groups in total. The molecule has 2 aliphatic heterocycles. The molecule has 0 unspecified atom stereocenters. The van der Waals surface area contributed by atoms with Gasteiger partial charge in [0.05, 0.1) is 7.11 Å². The zero-order valence-electron chi connectivity index (χ0n) is 18.3. The van der Waals surface area contributed by atoms with Crippen LogP contribution in [0.3, 0.4) is 0 Å². The maximum Gasteiger partial charge on any atom is 0.188 e. The van der Waals surface area contributed by atoms with Crippen LogP contribution in [-0.2, 0) is 19.7 Å². The smallest absolute Gasteiger partial charge is 0.188 e. The molecule has 0 aromatic heterocycles. The number of rotatable bonds is 6. The van der Waals surface area contributed by atoms with Crippen molar-refractivity contribution in [1.29, 1.82) is 10.8 Å². The summed E-state index contributed by atoms with van der Waals surface area (Å²) >= 11 is 0. The van der Waals surface area contributed by atoms with Crippen molar-refractivity contribution in [3.8, 4) is 17.2 Å².